The van der Waals surface area contributed by atoms with Crippen LogP contribution in [0, 0.1) is 3.57 Å². The number of nitrogens with zero attached hydrogens (tertiary/aromatic N) is 2. The smallest absolute Gasteiger partial charge is 0.196 e. The topological polar surface area (TPSA) is 41.6 Å². The fourth-order valence-corrected chi connectivity index (χ4v) is 3.01. The van der Waals surface area contributed by atoms with Crippen LogP contribution in [0.4, 0.5) is 5.69 Å². The molecule has 2 N–H and O–H groups in total. The van der Waals surface area contributed by atoms with Gasteiger partial charge in [0.1, 0.15) is 0 Å². The molecule has 2 aromatic carbocycles. The molecule has 0 saturated carbocycles. The molecule has 102 valence electrons. The minimum Gasteiger partial charge on any atom is -0.369 e. The molecule has 0 fully saturated rings. The summed E-state index contributed by atoms with van der Waals surface area (Å²) >= 11 is 2.32. The second kappa shape index (κ2) is 5.09. The van der Waals surface area contributed by atoms with Crippen LogP contribution in [0.5, 0.6) is 0 Å². The molecular weight excluding hydrogens is 361 g/mol. The highest BCUT2D eigenvalue weighted by Crippen LogP contribution is 2.36. The van der Waals surface area contributed by atoms with Crippen molar-refractivity contribution in [3.8, 4) is 0 Å². The first-order valence-corrected chi connectivity index (χ1v) is 7.60. The summed E-state index contributed by atoms with van der Waals surface area (Å²) in [7, 11) is 0. The van der Waals surface area contributed by atoms with Gasteiger partial charge in [0.05, 0.1) is 12.1 Å². The molecule has 0 amide bonds. The van der Waals surface area contributed by atoms with E-state index in [1.807, 2.05) is 18.2 Å². The van der Waals surface area contributed by atoms with Crippen molar-refractivity contribution in [2.45, 2.75) is 12.5 Å². The highest BCUT2D eigenvalue weighted by atomic mass is 127. The summed E-state index contributed by atoms with van der Waals surface area (Å²) < 4.78 is 1.23. The van der Waals surface area contributed by atoms with E-state index in [0.717, 1.165) is 5.69 Å². The summed E-state index contributed by atoms with van der Waals surface area (Å²) in [5, 5.41) is 0. The standard InChI is InChI=1S/C16H16IN3/c1-16(12-7-9-13(17)10-8-12)11-19-15(18)20(16)14-5-3-2-4-6-14/h2-10H,11H2,1H3,(H2,18,19). The van der Waals surface area contributed by atoms with Gasteiger partial charge in [-0.1, -0.05) is 30.3 Å². The third-order valence-corrected chi connectivity index (χ3v) is 4.47. The first-order valence-electron chi connectivity index (χ1n) is 6.52. The molecule has 1 aliphatic heterocycles. The van der Waals surface area contributed by atoms with Gasteiger partial charge in [-0.05, 0) is 59.3 Å². The van der Waals surface area contributed by atoms with Gasteiger partial charge in [-0.15, -0.1) is 0 Å². The van der Waals surface area contributed by atoms with E-state index in [2.05, 4.69) is 75.8 Å². The maximum absolute atomic E-state index is 6.13. The first kappa shape index (κ1) is 13.4. The maximum atomic E-state index is 6.13. The Morgan fingerprint density at radius 1 is 1.10 bits per heavy atom. The highest BCUT2D eigenvalue weighted by Gasteiger charge is 2.40. The lowest BCUT2D eigenvalue weighted by Crippen LogP contribution is -2.47. The van der Waals surface area contributed by atoms with Crippen molar-refractivity contribution in [3.63, 3.8) is 0 Å². The van der Waals surface area contributed by atoms with Crippen LogP contribution in [0.15, 0.2) is 59.6 Å². The number of aliphatic imine (C=N–C) groups is 1. The molecule has 1 unspecified atom stereocenters. The van der Waals surface area contributed by atoms with Crippen LogP contribution >= 0.6 is 22.6 Å². The SMILES string of the molecule is CC1(c2ccc(I)cc2)CN=C(N)N1c1ccccc1. The summed E-state index contributed by atoms with van der Waals surface area (Å²) in [4.78, 5) is 6.58. The van der Waals surface area contributed by atoms with E-state index >= 15 is 0 Å². The second-order valence-electron chi connectivity index (χ2n) is 5.13. The van der Waals surface area contributed by atoms with Crippen molar-refractivity contribution >= 4 is 34.2 Å². The number of anilines is 1. The summed E-state index contributed by atoms with van der Waals surface area (Å²) in [5.41, 5.74) is 8.21. The van der Waals surface area contributed by atoms with Crippen molar-refractivity contribution in [2.75, 3.05) is 11.4 Å². The Morgan fingerprint density at radius 3 is 2.40 bits per heavy atom. The Bertz CT molecular complexity index is 637. The Morgan fingerprint density at radius 2 is 1.75 bits per heavy atom. The minimum absolute atomic E-state index is 0.226. The van der Waals surface area contributed by atoms with E-state index in [0.29, 0.717) is 12.5 Å². The van der Waals surface area contributed by atoms with E-state index in [4.69, 9.17) is 5.73 Å². The van der Waals surface area contributed by atoms with Crippen LogP contribution < -0.4 is 10.6 Å². The van der Waals surface area contributed by atoms with E-state index in [1.165, 1.54) is 9.13 Å². The predicted octanol–water partition coefficient (Wildman–Crippen LogP) is 3.34. The molecule has 0 saturated heterocycles. The predicted molar refractivity (Wildman–Crippen MR) is 91.9 cm³/mol. The molecule has 2 aromatic rings. The molecule has 0 aromatic heterocycles. The average Bonchev–Trinajstić information content (AvgIpc) is 2.77. The fraction of sp³-hybridized carbons (Fsp3) is 0.188. The third kappa shape index (κ3) is 2.18. The molecule has 1 aliphatic rings. The number of para-hydroxylation sites is 1. The molecule has 1 heterocycles. The molecule has 0 radical (unpaired) electrons. The minimum atomic E-state index is -0.226. The van der Waals surface area contributed by atoms with Crippen LogP contribution in [0.2, 0.25) is 0 Å². The van der Waals surface area contributed by atoms with E-state index in [1.54, 1.807) is 0 Å². The fourth-order valence-electron chi connectivity index (χ4n) is 2.65. The van der Waals surface area contributed by atoms with E-state index < -0.39 is 0 Å². The molecular formula is C16H16IN3. The summed E-state index contributed by atoms with van der Waals surface area (Å²) in [6.45, 7) is 2.86. The number of nitrogens with two attached hydrogens (primary N) is 1. The van der Waals surface area contributed by atoms with Crippen LogP contribution in [0.3, 0.4) is 0 Å². The molecule has 1 atom stereocenters. The maximum Gasteiger partial charge on any atom is 0.196 e. The highest BCUT2D eigenvalue weighted by molar-refractivity contribution is 14.1. The van der Waals surface area contributed by atoms with Gasteiger partial charge in [0, 0.05) is 9.26 Å². The van der Waals surface area contributed by atoms with Gasteiger partial charge in [-0.2, -0.15) is 0 Å². The normalized spacial score (nSPS) is 21.9. The molecule has 0 aliphatic carbocycles. The van der Waals surface area contributed by atoms with Gasteiger partial charge in [-0.3, -0.25) is 4.99 Å². The molecule has 0 spiro atoms. The Kier molecular flexibility index (Phi) is 3.41. The Hall–Kier alpha value is -1.56. The van der Waals surface area contributed by atoms with Gasteiger partial charge >= 0.3 is 0 Å². The number of benzene rings is 2. The lowest BCUT2D eigenvalue weighted by atomic mass is 9.90. The lowest BCUT2D eigenvalue weighted by molar-refractivity contribution is 0.533. The van der Waals surface area contributed by atoms with Gasteiger partial charge in [0.2, 0.25) is 0 Å². The van der Waals surface area contributed by atoms with Crippen molar-refractivity contribution in [2.24, 2.45) is 10.7 Å². The van der Waals surface area contributed by atoms with Gasteiger partial charge < -0.3 is 10.6 Å². The summed E-state index contributed by atoms with van der Waals surface area (Å²) in [6, 6.07) is 18.8. The molecule has 20 heavy (non-hydrogen) atoms. The second-order valence-corrected chi connectivity index (χ2v) is 6.37. The van der Waals surface area contributed by atoms with Crippen molar-refractivity contribution in [1.82, 2.24) is 0 Å². The zero-order valence-electron chi connectivity index (χ0n) is 11.3. The van der Waals surface area contributed by atoms with E-state index in [-0.39, 0.29) is 5.54 Å². The van der Waals surface area contributed by atoms with Crippen molar-refractivity contribution < 1.29 is 0 Å². The van der Waals surface area contributed by atoms with Gasteiger partial charge in [-0.25, -0.2) is 0 Å². The lowest BCUT2D eigenvalue weighted by Gasteiger charge is -2.36. The zero-order chi connectivity index (χ0) is 14.2. The molecule has 0 bridgehead atoms. The number of hydrogen-bond acceptors (Lipinski definition) is 3. The van der Waals surface area contributed by atoms with Crippen LogP contribution in [0.25, 0.3) is 0 Å². The van der Waals surface area contributed by atoms with Crippen LogP contribution in [-0.2, 0) is 5.54 Å². The summed E-state index contributed by atoms with van der Waals surface area (Å²) in [5.74, 6) is 0.581. The van der Waals surface area contributed by atoms with Crippen LogP contribution in [-0.4, -0.2) is 12.5 Å². The number of rotatable bonds is 2. The number of guanidine groups is 1. The Balaban J connectivity index is 2.06. The first-order chi connectivity index (χ1) is 9.61. The largest absolute Gasteiger partial charge is 0.369 e. The van der Waals surface area contributed by atoms with Gasteiger partial charge in [0.25, 0.3) is 0 Å². The van der Waals surface area contributed by atoms with Crippen molar-refractivity contribution in [1.29, 1.82) is 0 Å². The monoisotopic (exact) mass is 377 g/mol. The third-order valence-electron chi connectivity index (χ3n) is 3.75. The van der Waals surface area contributed by atoms with Crippen LogP contribution in [0.1, 0.15) is 12.5 Å². The number of hydrogen-bond donors (Lipinski definition) is 1. The zero-order valence-corrected chi connectivity index (χ0v) is 13.4. The molecule has 3 rings (SSSR count). The van der Waals surface area contributed by atoms with Gasteiger partial charge in [0.15, 0.2) is 5.96 Å². The summed E-state index contributed by atoms with van der Waals surface area (Å²) in [6.07, 6.45) is 0. The number of halogens is 1. The van der Waals surface area contributed by atoms with E-state index in [9.17, 15) is 0 Å². The molecule has 3 nitrogen and oxygen atoms in total. The molecule has 4 heteroatoms. The quantitative estimate of drug-likeness (QED) is 0.816. The Labute approximate surface area is 132 Å². The van der Waals surface area contributed by atoms with Crippen molar-refractivity contribution in [3.05, 3.63) is 63.7 Å². The average molecular weight is 377 g/mol.